The number of thioether (sulfide) groups is 1. The van der Waals surface area contributed by atoms with Crippen molar-refractivity contribution in [2.24, 2.45) is 0 Å². The van der Waals surface area contributed by atoms with Gasteiger partial charge in [-0.05, 0) is 65.7 Å². The van der Waals surface area contributed by atoms with Crippen LogP contribution >= 0.6 is 11.8 Å². The lowest BCUT2D eigenvalue weighted by Gasteiger charge is -2.16. The summed E-state index contributed by atoms with van der Waals surface area (Å²) in [5.41, 5.74) is 1.15. The smallest absolute Gasteiger partial charge is 0.339 e. The molecule has 1 unspecified atom stereocenters. The van der Waals surface area contributed by atoms with Crippen LogP contribution in [-0.2, 0) is 4.79 Å². The number of fused-ring (bicyclic) bond motifs is 1. The van der Waals surface area contributed by atoms with Crippen LogP contribution in [0.5, 0.6) is 5.75 Å². The number of phenols is 1. The van der Waals surface area contributed by atoms with Crippen molar-refractivity contribution in [3.63, 3.8) is 0 Å². The van der Waals surface area contributed by atoms with Crippen LogP contribution < -0.4 is 10.6 Å². The van der Waals surface area contributed by atoms with E-state index in [9.17, 15) is 24.6 Å². The van der Waals surface area contributed by atoms with Crippen molar-refractivity contribution in [3.05, 3.63) is 96.1 Å². The molecule has 0 saturated carbocycles. The van der Waals surface area contributed by atoms with E-state index in [1.807, 2.05) is 61.5 Å². The molecule has 0 aliphatic carbocycles. The maximum absolute atomic E-state index is 12.9. The SMILES string of the molecule is CCC(Sc1cccc(NC(=O)c2ccc3ccccc3c2)c1)C(=O)Nc1ccc(O)c(C(=O)O)c1. The molecule has 0 aliphatic heterocycles. The topological polar surface area (TPSA) is 116 Å². The molecule has 4 rings (SSSR count). The van der Waals surface area contributed by atoms with E-state index in [-0.39, 0.29) is 28.8 Å². The van der Waals surface area contributed by atoms with Gasteiger partial charge in [0.1, 0.15) is 11.3 Å². The molecule has 0 radical (unpaired) electrons. The number of carbonyl (C=O) groups excluding carboxylic acids is 2. The maximum atomic E-state index is 12.9. The molecule has 0 bridgehead atoms. The van der Waals surface area contributed by atoms with Crippen molar-refractivity contribution < 1.29 is 24.6 Å². The van der Waals surface area contributed by atoms with Crippen LogP contribution in [0.25, 0.3) is 10.8 Å². The molecular formula is C28H24N2O5S. The molecule has 0 aromatic heterocycles. The van der Waals surface area contributed by atoms with Crippen LogP contribution in [0.3, 0.4) is 0 Å². The van der Waals surface area contributed by atoms with E-state index in [0.717, 1.165) is 15.7 Å². The molecule has 1 atom stereocenters. The van der Waals surface area contributed by atoms with Crippen LogP contribution in [-0.4, -0.2) is 33.2 Å². The minimum absolute atomic E-state index is 0.228. The van der Waals surface area contributed by atoms with Gasteiger partial charge in [-0.3, -0.25) is 9.59 Å². The summed E-state index contributed by atoms with van der Waals surface area (Å²) in [6, 6.07) is 24.5. The second-order valence-corrected chi connectivity index (χ2v) is 9.36. The van der Waals surface area contributed by atoms with E-state index < -0.39 is 11.2 Å². The second kappa shape index (κ2) is 11.0. The fraction of sp³-hybridized carbons (Fsp3) is 0.107. The van der Waals surface area contributed by atoms with Gasteiger partial charge in [0.15, 0.2) is 0 Å². The summed E-state index contributed by atoms with van der Waals surface area (Å²) in [4.78, 5) is 37.7. The van der Waals surface area contributed by atoms with E-state index in [1.165, 1.54) is 30.0 Å². The van der Waals surface area contributed by atoms with Crippen LogP contribution in [0.2, 0.25) is 0 Å². The highest BCUT2D eigenvalue weighted by molar-refractivity contribution is 8.00. The zero-order chi connectivity index (χ0) is 25.7. The zero-order valence-corrected chi connectivity index (χ0v) is 20.2. The largest absolute Gasteiger partial charge is 0.507 e. The Morgan fingerprint density at radius 2 is 1.58 bits per heavy atom. The molecule has 182 valence electrons. The number of aromatic hydroxyl groups is 1. The first kappa shape index (κ1) is 24.8. The van der Waals surface area contributed by atoms with Gasteiger partial charge in [0.05, 0.1) is 5.25 Å². The molecule has 0 aliphatic rings. The number of nitrogens with one attached hydrogen (secondary N) is 2. The molecule has 4 N–H and O–H groups in total. The Morgan fingerprint density at radius 1 is 0.833 bits per heavy atom. The van der Waals surface area contributed by atoms with Gasteiger partial charge in [-0.2, -0.15) is 0 Å². The number of hydrogen-bond donors (Lipinski definition) is 4. The molecular weight excluding hydrogens is 476 g/mol. The fourth-order valence-corrected chi connectivity index (χ4v) is 4.69. The van der Waals surface area contributed by atoms with Gasteiger partial charge < -0.3 is 20.8 Å². The van der Waals surface area contributed by atoms with Crippen molar-refractivity contribution in [2.45, 2.75) is 23.5 Å². The van der Waals surface area contributed by atoms with Crippen molar-refractivity contribution in [1.82, 2.24) is 0 Å². The first-order chi connectivity index (χ1) is 17.3. The first-order valence-electron chi connectivity index (χ1n) is 11.3. The third-order valence-electron chi connectivity index (χ3n) is 5.54. The Bertz CT molecular complexity index is 1450. The Hall–Kier alpha value is -4.30. The Labute approximate surface area is 212 Å². The normalized spacial score (nSPS) is 11.6. The van der Waals surface area contributed by atoms with Crippen LogP contribution in [0.4, 0.5) is 11.4 Å². The predicted octanol–water partition coefficient (Wildman–Crippen LogP) is 6.01. The van der Waals surface area contributed by atoms with Crippen molar-refractivity contribution >= 4 is 51.7 Å². The molecule has 0 saturated heterocycles. The summed E-state index contributed by atoms with van der Waals surface area (Å²) in [7, 11) is 0. The summed E-state index contributed by atoms with van der Waals surface area (Å²) < 4.78 is 0. The molecule has 2 amide bonds. The number of aromatic carboxylic acids is 1. The van der Waals surface area contributed by atoms with E-state index >= 15 is 0 Å². The molecule has 36 heavy (non-hydrogen) atoms. The molecule has 4 aromatic rings. The van der Waals surface area contributed by atoms with Crippen LogP contribution in [0.1, 0.15) is 34.1 Å². The summed E-state index contributed by atoms with van der Waals surface area (Å²) in [5, 5.41) is 26.1. The lowest BCUT2D eigenvalue weighted by atomic mass is 10.1. The first-order valence-corrected chi connectivity index (χ1v) is 12.2. The van der Waals surface area contributed by atoms with E-state index in [4.69, 9.17) is 0 Å². The summed E-state index contributed by atoms with van der Waals surface area (Å²) in [5.74, 6) is -2.18. The van der Waals surface area contributed by atoms with Gasteiger partial charge in [-0.1, -0.05) is 43.3 Å². The maximum Gasteiger partial charge on any atom is 0.339 e. The summed E-state index contributed by atoms with van der Waals surface area (Å²) >= 11 is 1.34. The highest BCUT2D eigenvalue weighted by Gasteiger charge is 2.20. The molecule has 0 heterocycles. The van der Waals surface area contributed by atoms with Crippen molar-refractivity contribution in [2.75, 3.05) is 10.6 Å². The van der Waals surface area contributed by atoms with E-state index in [2.05, 4.69) is 10.6 Å². The van der Waals surface area contributed by atoms with Crippen LogP contribution in [0.15, 0.2) is 89.8 Å². The standard InChI is InChI=1S/C28H24N2O5S/c1-2-25(27(33)30-21-12-13-24(31)23(16-21)28(34)35)36-22-9-5-8-20(15-22)29-26(32)19-11-10-17-6-3-4-7-18(17)14-19/h3-16,25,31H,2H2,1H3,(H,29,32)(H,30,33)(H,34,35). The fourth-order valence-electron chi connectivity index (χ4n) is 3.68. The Balaban J connectivity index is 1.44. The van der Waals surface area contributed by atoms with Gasteiger partial charge >= 0.3 is 5.97 Å². The van der Waals surface area contributed by atoms with Crippen molar-refractivity contribution in [1.29, 1.82) is 0 Å². The number of amides is 2. The predicted molar refractivity (Wildman–Crippen MR) is 142 cm³/mol. The number of carbonyl (C=O) groups is 3. The molecule has 0 fully saturated rings. The van der Waals surface area contributed by atoms with E-state index in [1.54, 1.807) is 12.1 Å². The number of carboxylic acid groups (broad SMARTS) is 1. The highest BCUT2D eigenvalue weighted by atomic mass is 32.2. The quantitative estimate of drug-likeness (QED) is 0.174. The van der Waals surface area contributed by atoms with Gasteiger partial charge in [-0.25, -0.2) is 4.79 Å². The number of benzene rings is 4. The lowest BCUT2D eigenvalue weighted by molar-refractivity contribution is -0.115. The average molecular weight is 501 g/mol. The molecule has 4 aromatic carbocycles. The molecule has 8 heteroatoms. The second-order valence-electron chi connectivity index (χ2n) is 8.08. The summed E-state index contributed by atoms with van der Waals surface area (Å²) in [6.07, 6.45) is 0.522. The lowest BCUT2D eigenvalue weighted by Crippen LogP contribution is -2.24. The monoisotopic (exact) mass is 500 g/mol. The van der Waals surface area contributed by atoms with Gasteiger partial charge in [-0.15, -0.1) is 11.8 Å². The number of hydrogen-bond acceptors (Lipinski definition) is 5. The summed E-state index contributed by atoms with van der Waals surface area (Å²) in [6.45, 7) is 1.88. The highest BCUT2D eigenvalue weighted by Crippen LogP contribution is 2.29. The Kier molecular flexibility index (Phi) is 7.56. The average Bonchev–Trinajstić information content (AvgIpc) is 2.88. The van der Waals surface area contributed by atoms with Gasteiger partial charge in [0.2, 0.25) is 5.91 Å². The minimum atomic E-state index is -1.28. The minimum Gasteiger partial charge on any atom is -0.507 e. The number of anilines is 2. The third kappa shape index (κ3) is 5.84. The van der Waals surface area contributed by atoms with Gasteiger partial charge in [0, 0.05) is 21.8 Å². The van der Waals surface area contributed by atoms with Gasteiger partial charge in [0.25, 0.3) is 5.91 Å². The number of carboxylic acids is 1. The molecule has 0 spiro atoms. The zero-order valence-electron chi connectivity index (χ0n) is 19.4. The Morgan fingerprint density at radius 3 is 2.33 bits per heavy atom. The third-order valence-corrected chi connectivity index (χ3v) is 6.90. The molecule has 7 nitrogen and oxygen atoms in total. The van der Waals surface area contributed by atoms with Crippen LogP contribution in [0, 0.1) is 0 Å². The van der Waals surface area contributed by atoms with E-state index in [0.29, 0.717) is 17.7 Å². The number of rotatable bonds is 8. The van der Waals surface area contributed by atoms with Crippen molar-refractivity contribution in [3.8, 4) is 5.75 Å².